The van der Waals surface area contributed by atoms with Crippen LogP contribution in [0.3, 0.4) is 0 Å². The van der Waals surface area contributed by atoms with Crippen molar-refractivity contribution in [2.24, 2.45) is 0 Å². The minimum Gasteiger partial charge on any atom is -0.379 e. The van der Waals surface area contributed by atoms with Crippen molar-refractivity contribution in [3.05, 3.63) is 23.8 Å². The molecule has 0 aliphatic carbocycles. The predicted octanol–water partition coefficient (Wildman–Crippen LogP) is 3.71. The number of aryl methyl sites for hydroxylation is 1. The first-order valence-electron chi connectivity index (χ1n) is 7.44. The van der Waals surface area contributed by atoms with E-state index >= 15 is 0 Å². The Balaban J connectivity index is 2.18. The second-order valence-corrected chi connectivity index (χ2v) is 7.08. The maximum Gasteiger partial charge on any atom is 0.221 e. The summed E-state index contributed by atoms with van der Waals surface area (Å²) >= 11 is 0. The van der Waals surface area contributed by atoms with Gasteiger partial charge in [0.2, 0.25) is 5.91 Å². The third kappa shape index (κ3) is 3.76. The molecular weight excluding hydrogens is 264 g/mol. The van der Waals surface area contributed by atoms with Gasteiger partial charge in [-0.2, -0.15) is 0 Å². The van der Waals surface area contributed by atoms with Gasteiger partial charge in [-0.05, 0) is 58.7 Å². The highest BCUT2D eigenvalue weighted by atomic mass is 16.5. The van der Waals surface area contributed by atoms with Crippen molar-refractivity contribution in [2.45, 2.75) is 65.2 Å². The van der Waals surface area contributed by atoms with Gasteiger partial charge in [0.05, 0.1) is 17.2 Å². The molecule has 1 aliphatic rings. The van der Waals surface area contributed by atoms with Crippen LogP contribution in [0.2, 0.25) is 0 Å². The van der Waals surface area contributed by atoms with Gasteiger partial charge in [-0.15, -0.1) is 0 Å². The van der Waals surface area contributed by atoms with E-state index in [-0.39, 0.29) is 23.2 Å². The van der Waals surface area contributed by atoms with Crippen molar-refractivity contribution < 1.29 is 9.53 Å². The van der Waals surface area contributed by atoms with E-state index in [1.807, 2.05) is 25.1 Å². The van der Waals surface area contributed by atoms with Crippen LogP contribution in [0.4, 0.5) is 11.4 Å². The number of anilines is 2. The predicted molar refractivity (Wildman–Crippen MR) is 86.8 cm³/mol. The topological polar surface area (TPSA) is 50.4 Å². The summed E-state index contributed by atoms with van der Waals surface area (Å²) in [6.45, 7) is 12.0. The van der Waals surface area contributed by atoms with Crippen molar-refractivity contribution in [1.29, 1.82) is 0 Å². The van der Waals surface area contributed by atoms with E-state index in [1.54, 1.807) is 0 Å². The molecule has 4 heteroatoms. The van der Waals surface area contributed by atoms with Crippen LogP contribution in [0, 0.1) is 6.92 Å². The SMILES string of the molecule is CC(=O)Nc1cc(NC2CC(C)(C)OC2(C)C)ccc1C. The average Bonchev–Trinajstić information content (AvgIpc) is 2.50. The quantitative estimate of drug-likeness (QED) is 0.892. The van der Waals surface area contributed by atoms with Crippen molar-refractivity contribution in [2.75, 3.05) is 10.6 Å². The van der Waals surface area contributed by atoms with Crippen molar-refractivity contribution in [3.63, 3.8) is 0 Å². The van der Waals surface area contributed by atoms with E-state index in [1.165, 1.54) is 6.92 Å². The Morgan fingerprint density at radius 1 is 1.29 bits per heavy atom. The second kappa shape index (κ2) is 5.34. The zero-order chi connectivity index (χ0) is 15.8. The highest BCUT2D eigenvalue weighted by Crippen LogP contribution is 2.39. The van der Waals surface area contributed by atoms with Gasteiger partial charge < -0.3 is 15.4 Å². The molecule has 2 rings (SSSR count). The molecule has 1 unspecified atom stereocenters. The number of carbonyl (C=O) groups is 1. The highest BCUT2D eigenvalue weighted by molar-refractivity contribution is 5.90. The average molecular weight is 290 g/mol. The molecule has 1 saturated heterocycles. The number of amides is 1. The lowest BCUT2D eigenvalue weighted by molar-refractivity contribution is -0.114. The fourth-order valence-corrected chi connectivity index (χ4v) is 3.02. The normalized spacial score (nSPS) is 22.9. The zero-order valence-corrected chi connectivity index (χ0v) is 13.8. The summed E-state index contributed by atoms with van der Waals surface area (Å²) in [5.74, 6) is -0.0547. The monoisotopic (exact) mass is 290 g/mol. The maximum atomic E-state index is 11.3. The van der Waals surface area contributed by atoms with Gasteiger partial charge in [-0.3, -0.25) is 4.79 Å². The molecule has 1 amide bonds. The van der Waals surface area contributed by atoms with Crippen LogP contribution >= 0.6 is 0 Å². The number of rotatable bonds is 3. The molecule has 0 bridgehead atoms. The van der Waals surface area contributed by atoms with Crippen LogP contribution in [0.5, 0.6) is 0 Å². The van der Waals surface area contributed by atoms with E-state index in [2.05, 4.69) is 38.3 Å². The van der Waals surface area contributed by atoms with E-state index in [0.29, 0.717) is 0 Å². The number of ether oxygens (including phenoxy) is 1. The summed E-state index contributed by atoms with van der Waals surface area (Å²) in [6, 6.07) is 6.28. The van der Waals surface area contributed by atoms with E-state index in [4.69, 9.17) is 4.74 Å². The Bertz CT molecular complexity index is 550. The maximum absolute atomic E-state index is 11.3. The molecule has 0 aromatic heterocycles. The standard InChI is InChI=1S/C17H26N2O2/c1-11-7-8-13(9-14(11)18-12(2)20)19-15-10-16(3,4)21-17(15,5)6/h7-9,15,19H,10H2,1-6H3,(H,18,20). The Kier molecular flexibility index (Phi) is 4.02. The number of benzene rings is 1. The Morgan fingerprint density at radius 3 is 2.48 bits per heavy atom. The lowest BCUT2D eigenvalue weighted by Gasteiger charge is -2.28. The molecule has 1 aliphatic heterocycles. The summed E-state index contributed by atoms with van der Waals surface area (Å²) in [5.41, 5.74) is 2.57. The van der Waals surface area contributed by atoms with Crippen LogP contribution in [-0.2, 0) is 9.53 Å². The van der Waals surface area contributed by atoms with Crippen LogP contribution in [0.25, 0.3) is 0 Å². The van der Waals surface area contributed by atoms with Gasteiger partial charge >= 0.3 is 0 Å². The molecule has 0 radical (unpaired) electrons. The van der Waals surface area contributed by atoms with Crippen molar-refractivity contribution >= 4 is 17.3 Å². The lowest BCUT2D eigenvalue weighted by atomic mass is 9.94. The van der Waals surface area contributed by atoms with Gasteiger partial charge in [-0.1, -0.05) is 6.07 Å². The molecule has 1 heterocycles. The van der Waals surface area contributed by atoms with Gasteiger partial charge in [0, 0.05) is 18.3 Å². The summed E-state index contributed by atoms with van der Waals surface area (Å²) in [7, 11) is 0. The summed E-state index contributed by atoms with van der Waals surface area (Å²) in [6.07, 6.45) is 0.948. The molecule has 21 heavy (non-hydrogen) atoms. The van der Waals surface area contributed by atoms with E-state index in [9.17, 15) is 4.79 Å². The Hall–Kier alpha value is -1.55. The molecular formula is C17H26N2O2. The fourth-order valence-electron chi connectivity index (χ4n) is 3.02. The second-order valence-electron chi connectivity index (χ2n) is 7.08. The summed E-state index contributed by atoms with van der Waals surface area (Å²) in [4.78, 5) is 11.3. The smallest absolute Gasteiger partial charge is 0.221 e. The van der Waals surface area contributed by atoms with Crippen molar-refractivity contribution in [1.82, 2.24) is 0 Å². The third-order valence-corrected chi connectivity index (χ3v) is 3.96. The molecule has 1 aromatic rings. The Labute approximate surface area is 127 Å². The number of carbonyl (C=O) groups excluding carboxylic acids is 1. The molecule has 1 aromatic carbocycles. The number of hydrogen-bond acceptors (Lipinski definition) is 3. The molecule has 116 valence electrons. The molecule has 0 saturated carbocycles. The molecule has 4 nitrogen and oxygen atoms in total. The van der Waals surface area contributed by atoms with Crippen LogP contribution < -0.4 is 10.6 Å². The van der Waals surface area contributed by atoms with E-state index < -0.39 is 0 Å². The highest BCUT2D eigenvalue weighted by Gasteiger charge is 2.45. The van der Waals surface area contributed by atoms with Crippen LogP contribution in [-0.4, -0.2) is 23.2 Å². The fraction of sp³-hybridized carbons (Fsp3) is 0.588. The molecule has 2 N–H and O–H groups in total. The molecule has 0 spiro atoms. The Morgan fingerprint density at radius 2 is 1.95 bits per heavy atom. The summed E-state index contributed by atoms with van der Waals surface area (Å²) < 4.78 is 6.11. The van der Waals surface area contributed by atoms with Crippen molar-refractivity contribution in [3.8, 4) is 0 Å². The first-order chi connectivity index (χ1) is 9.59. The first kappa shape index (κ1) is 15.8. The number of nitrogens with one attached hydrogen (secondary N) is 2. The van der Waals surface area contributed by atoms with Crippen LogP contribution in [0.1, 0.15) is 46.6 Å². The van der Waals surface area contributed by atoms with E-state index in [0.717, 1.165) is 23.4 Å². The lowest BCUT2D eigenvalue weighted by Crippen LogP contribution is -2.38. The molecule has 1 atom stereocenters. The minimum atomic E-state index is -0.220. The third-order valence-electron chi connectivity index (χ3n) is 3.96. The van der Waals surface area contributed by atoms with Gasteiger partial charge in [-0.25, -0.2) is 0 Å². The van der Waals surface area contributed by atoms with Gasteiger partial charge in [0.15, 0.2) is 0 Å². The molecule has 1 fully saturated rings. The van der Waals surface area contributed by atoms with Gasteiger partial charge in [0.25, 0.3) is 0 Å². The number of hydrogen-bond donors (Lipinski definition) is 2. The zero-order valence-electron chi connectivity index (χ0n) is 13.8. The summed E-state index contributed by atoms with van der Waals surface area (Å²) in [5, 5.41) is 6.42. The van der Waals surface area contributed by atoms with Gasteiger partial charge in [0.1, 0.15) is 0 Å². The largest absolute Gasteiger partial charge is 0.379 e. The first-order valence-corrected chi connectivity index (χ1v) is 7.44. The van der Waals surface area contributed by atoms with Crippen LogP contribution in [0.15, 0.2) is 18.2 Å². The minimum absolute atomic E-state index is 0.0547.